The molecule has 1 aromatic rings. The van der Waals surface area contributed by atoms with E-state index in [1.165, 1.54) is 6.34 Å². The van der Waals surface area contributed by atoms with Crippen LogP contribution in [0, 0.1) is 16.7 Å². The molecule has 2 fully saturated rings. The smallest absolute Gasteiger partial charge is 0.248 e. The van der Waals surface area contributed by atoms with Crippen LogP contribution in [0.5, 0.6) is 0 Å². The maximum atomic E-state index is 13.6. The molecule has 3 rings (SSSR count). The summed E-state index contributed by atoms with van der Waals surface area (Å²) in [4.78, 5) is 17.2. The number of nitrogens with zero attached hydrogens (tertiary/aromatic N) is 2. The molecule has 8 heteroatoms. The van der Waals surface area contributed by atoms with Crippen molar-refractivity contribution in [1.29, 1.82) is 10.8 Å². The van der Waals surface area contributed by atoms with Crippen LogP contribution in [0.4, 0.5) is 8.78 Å². The van der Waals surface area contributed by atoms with Crippen molar-refractivity contribution in [3.8, 4) is 0 Å². The molecule has 4 unspecified atom stereocenters. The van der Waals surface area contributed by atoms with Crippen LogP contribution in [0.3, 0.4) is 0 Å². The molecule has 0 spiro atoms. The zero-order chi connectivity index (χ0) is 25.6. The van der Waals surface area contributed by atoms with Gasteiger partial charge in [0.1, 0.15) is 0 Å². The number of nitrogens with one attached hydrogen (secondary N) is 3. The fourth-order valence-corrected chi connectivity index (χ4v) is 5.72. The van der Waals surface area contributed by atoms with E-state index in [2.05, 4.69) is 24.1 Å². The van der Waals surface area contributed by atoms with E-state index in [9.17, 15) is 13.6 Å². The molecule has 1 saturated carbocycles. The van der Waals surface area contributed by atoms with Crippen molar-refractivity contribution in [3.63, 3.8) is 0 Å². The number of hydrogen-bond acceptors (Lipinski definition) is 4. The van der Waals surface area contributed by atoms with E-state index >= 15 is 0 Å². The first-order chi connectivity index (χ1) is 16.6. The van der Waals surface area contributed by atoms with Crippen LogP contribution < -0.4 is 5.32 Å². The number of hydrogen-bond donors (Lipinski definition) is 3. The van der Waals surface area contributed by atoms with Crippen LogP contribution in [0.15, 0.2) is 30.3 Å². The van der Waals surface area contributed by atoms with Crippen molar-refractivity contribution < 1.29 is 13.6 Å². The normalized spacial score (nSPS) is 24.5. The number of rotatable bonds is 10. The van der Waals surface area contributed by atoms with Gasteiger partial charge in [0.25, 0.3) is 0 Å². The van der Waals surface area contributed by atoms with Crippen molar-refractivity contribution in [1.82, 2.24) is 15.1 Å². The average molecular weight is 490 g/mol. The zero-order valence-corrected chi connectivity index (χ0v) is 21.3. The molecule has 0 radical (unpaired) electrons. The first kappa shape index (κ1) is 27.2. The van der Waals surface area contributed by atoms with Crippen molar-refractivity contribution in [2.45, 2.75) is 102 Å². The van der Waals surface area contributed by atoms with Crippen molar-refractivity contribution in [2.75, 3.05) is 6.54 Å². The number of halogens is 2. The maximum absolute atomic E-state index is 13.6. The molecular formula is C27H41F2N5O. The van der Waals surface area contributed by atoms with E-state index in [0.717, 1.165) is 37.8 Å². The number of carbonyl (C=O) groups excluding carboxylic acids is 1. The number of amides is 1. The van der Waals surface area contributed by atoms with Gasteiger partial charge in [-0.3, -0.25) is 20.5 Å². The van der Waals surface area contributed by atoms with Crippen LogP contribution in [-0.4, -0.2) is 58.5 Å². The third-order valence-corrected chi connectivity index (χ3v) is 7.85. The number of amidine groups is 1. The number of carbonyl (C=O) groups is 1. The molecule has 1 aliphatic heterocycles. The Hall–Kier alpha value is -2.35. The molecule has 0 bridgehead atoms. The van der Waals surface area contributed by atoms with E-state index in [1.807, 2.05) is 30.3 Å². The first-order valence-electron chi connectivity index (χ1n) is 12.9. The minimum Gasteiger partial charge on any atom is -0.349 e. The number of likely N-dealkylation sites (tertiary alicyclic amines) is 1. The highest BCUT2D eigenvalue weighted by Gasteiger charge is 2.38. The molecular weight excluding hydrogens is 448 g/mol. The Morgan fingerprint density at radius 1 is 1.23 bits per heavy atom. The van der Waals surface area contributed by atoms with Crippen LogP contribution in [-0.2, 0) is 4.79 Å². The second-order valence-corrected chi connectivity index (χ2v) is 10.4. The van der Waals surface area contributed by atoms with Gasteiger partial charge in [-0.15, -0.1) is 0 Å². The van der Waals surface area contributed by atoms with Crippen molar-refractivity contribution in [2.24, 2.45) is 5.92 Å². The fourth-order valence-electron chi connectivity index (χ4n) is 5.72. The molecule has 4 atom stereocenters. The fraction of sp³-hybridized carbons (Fsp3) is 0.667. The Balaban J connectivity index is 1.65. The van der Waals surface area contributed by atoms with Gasteiger partial charge in [0.05, 0.1) is 18.2 Å². The zero-order valence-electron chi connectivity index (χ0n) is 21.3. The summed E-state index contributed by atoms with van der Waals surface area (Å²) in [5.74, 6) is -2.73. The van der Waals surface area contributed by atoms with Gasteiger partial charge < -0.3 is 10.2 Å². The lowest BCUT2D eigenvalue weighted by Crippen LogP contribution is -2.43. The standard InChI is InChI=1S/C27H41F2N5O/c1-19-9-10-24(17-20(2)34(18-30)21(3)31)33(19)16-13-25(22-7-5-4-6-8-22)32-26(35)23-11-14-27(28,29)15-12-23/h4-8,18-20,23-25,30-31H,9-17H2,1-3H3,(H,32,35). The van der Waals surface area contributed by atoms with Gasteiger partial charge >= 0.3 is 0 Å². The van der Waals surface area contributed by atoms with E-state index in [1.54, 1.807) is 11.8 Å². The largest absolute Gasteiger partial charge is 0.349 e. The minimum absolute atomic E-state index is 0.0665. The summed E-state index contributed by atoms with van der Waals surface area (Å²) in [5.41, 5.74) is 1.04. The van der Waals surface area contributed by atoms with E-state index in [4.69, 9.17) is 10.8 Å². The number of benzene rings is 1. The van der Waals surface area contributed by atoms with Gasteiger partial charge in [-0.2, -0.15) is 0 Å². The van der Waals surface area contributed by atoms with Crippen LogP contribution in [0.25, 0.3) is 0 Å². The van der Waals surface area contributed by atoms with Gasteiger partial charge in [0.15, 0.2) is 0 Å². The first-order valence-corrected chi connectivity index (χ1v) is 12.9. The van der Waals surface area contributed by atoms with Crippen molar-refractivity contribution in [3.05, 3.63) is 35.9 Å². The molecule has 2 aliphatic rings. The summed E-state index contributed by atoms with van der Waals surface area (Å²) in [6, 6.07) is 10.6. The summed E-state index contributed by atoms with van der Waals surface area (Å²) < 4.78 is 27.2. The number of alkyl halides is 2. The topological polar surface area (TPSA) is 83.3 Å². The molecule has 1 saturated heterocycles. The maximum Gasteiger partial charge on any atom is 0.248 e. The Labute approximate surface area is 208 Å². The van der Waals surface area contributed by atoms with Gasteiger partial charge in [0.2, 0.25) is 11.8 Å². The highest BCUT2D eigenvalue weighted by Crippen LogP contribution is 2.37. The molecule has 1 heterocycles. The quantitative estimate of drug-likeness (QED) is 0.296. The van der Waals surface area contributed by atoms with Gasteiger partial charge in [-0.1, -0.05) is 30.3 Å². The van der Waals surface area contributed by atoms with E-state index in [0.29, 0.717) is 17.9 Å². The van der Waals surface area contributed by atoms with Gasteiger partial charge in [0, 0.05) is 43.4 Å². The lowest BCUT2D eigenvalue weighted by molar-refractivity contribution is -0.130. The second-order valence-electron chi connectivity index (χ2n) is 10.4. The monoisotopic (exact) mass is 489 g/mol. The van der Waals surface area contributed by atoms with Crippen LogP contribution >= 0.6 is 0 Å². The third kappa shape index (κ3) is 7.32. The third-order valence-electron chi connectivity index (χ3n) is 7.85. The minimum atomic E-state index is -2.64. The Morgan fingerprint density at radius 3 is 2.49 bits per heavy atom. The molecule has 1 aliphatic carbocycles. The molecule has 35 heavy (non-hydrogen) atoms. The lowest BCUT2D eigenvalue weighted by atomic mass is 9.86. The molecule has 1 aromatic carbocycles. The molecule has 194 valence electrons. The van der Waals surface area contributed by atoms with Crippen LogP contribution in [0.1, 0.15) is 83.7 Å². The molecule has 1 amide bonds. The Bertz CT molecular complexity index is 854. The van der Waals surface area contributed by atoms with Crippen LogP contribution in [0.2, 0.25) is 0 Å². The van der Waals surface area contributed by atoms with Crippen molar-refractivity contribution >= 4 is 18.1 Å². The summed E-state index contributed by atoms with van der Waals surface area (Å²) in [7, 11) is 0. The predicted octanol–water partition coefficient (Wildman–Crippen LogP) is 5.60. The van der Waals surface area contributed by atoms with Gasteiger partial charge in [-0.25, -0.2) is 8.78 Å². The Morgan fingerprint density at radius 2 is 1.89 bits per heavy atom. The van der Waals surface area contributed by atoms with Gasteiger partial charge in [-0.05, 0) is 64.9 Å². The lowest BCUT2D eigenvalue weighted by Gasteiger charge is -2.34. The summed E-state index contributed by atoms with van der Waals surface area (Å²) in [5, 5.41) is 18.8. The van der Waals surface area contributed by atoms with E-state index < -0.39 is 5.92 Å². The Kier molecular flexibility index (Phi) is 9.39. The highest BCUT2D eigenvalue weighted by atomic mass is 19.3. The molecule has 3 N–H and O–H groups in total. The highest BCUT2D eigenvalue weighted by molar-refractivity contribution is 5.87. The molecule has 0 aromatic heterocycles. The van der Waals surface area contributed by atoms with E-state index in [-0.39, 0.29) is 49.6 Å². The SMILES string of the molecule is CC(=N)N(C=N)C(C)CC1CCC(C)N1CCC(NC(=O)C1CCC(F)(F)CC1)c1ccccc1. The summed E-state index contributed by atoms with van der Waals surface area (Å²) in [6.45, 7) is 6.82. The average Bonchev–Trinajstić information content (AvgIpc) is 3.16. The summed E-state index contributed by atoms with van der Waals surface area (Å²) in [6.07, 6.45) is 5.07. The second kappa shape index (κ2) is 12.1. The summed E-state index contributed by atoms with van der Waals surface area (Å²) >= 11 is 0. The molecule has 6 nitrogen and oxygen atoms in total. The predicted molar refractivity (Wildman–Crippen MR) is 136 cm³/mol.